The van der Waals surface area contributed by atoms with Crippen LogP contribution in [-0.2, 0) is 9.59 Å². The molecular weight excluding hydrogens is 1030 g/mol. The number of phenols is 1. The first kappa shape index (κ1) is 54.9. The molecule has 80 heavy (non-hydrogen) atoms. The number of carbonyl (C=O) groups excluding carboxylic acids is 2. The van der Waals surface area contributed by atoms with Gasteiger partial charge in [0.1, 0.15) is 17.7 Å². The van der Waals surface area contributed by atoms with Crippen LogP contribution in [0.4, 0.5) is 17.3 Å². The number of aliphatic hydroxyl groups excluding tert-OH is 1. The van der Waals surface area contributed by atoms with Gasteiger partial charge in [0.25, 0.3) is 0 Å². The highest BCUT2D eigenvalue weighted by molar-refractivity contribution is 7.13. The molecule has 5 aromatic rings. The van der Waals surface area contributed by atoms with Gasteiger partial charge in [0.05, 0.1) is 39.6 Å². The first-order valence-corrected chi connectivity index (χ1v) is 30.6. The highest BCUT2D eigenvalue weighted by Gasteiger charge is 2.50. The Bertz CT molecular complexity index is 2950. The number of aliphatic hydroxyl groups is 1. The van der Waals surface area contributed by atoms with Gasteiger partial charge in [-0.3, -0.25) is 24.3 Å². The predicted octanol–water partition coefficient (Wildman–Crippen LogP) is 6.86. The van der Waals surface area contributed by atoms with E-state index in [2.05, 4.69) is 74.2 Å². The maximum Gasteiger partial charge on any atom is 0.243 e. The van der Waals surface area contributed by atoms with Crippen LogP contribution in [0.3, 0.4) is 0 Å². The molecule has 7 aliphatic rings. The average Bonchev–Trinajstić information content (AvgIpc) is 4.26. The van der Waals surface area contributed by atoms with Crippen LogP contribution < -0.4 is 20.9 Å². The molecule has 6 aliphatic heterocycles. The Labute approximate surface area is 475 Å². The highest BCUT2D eigenvalue weighted by Crippen LogP contribution is 2.51. The molecule has 2 bridgehead atoms. The second-order valence-corrected chi connectivity index (χ2v) is 26.1. The number of anilines is 3. The SMILES string of the molecule is Cc1ncsc1-c1ccc([C@H](C)NC(=O)[C@@H]2C[C@@H](O)CN2C(=O)[C@@H](c2cc(N3CCC(CN4CCC5(CC4)CC(N4CCN(C)C(CN6C7CCC6CN(c6cc(-c8ccccc8O)nnc6N)C7)C4)C5)CC3)no2)C(C)C)cc1. The Morgan fingerprint density at radius 1 is 0.863 bits per heavy atom. The summed E-state index contributed by atoms with van der Waals surface area (Å²) < 4.78 is 5.99. The van der Waals surface area contributed by atoms with Gasteiger partial charge in [0, 0.05) is 108 Å². The molecule has 6 saturated heterocycles. The van der Waals surface area contributed by atoms with Gasteiger partial charge in [-0.05, 0) is 132 Å². The van der Waals surface area contributed by atoms with Crippen LogP contribution in [0.2, 0.25) is 0 Å². The van der Waals surface area contributed by atoms with E-state index < -0.39 is 18.1 Å². The number of phenolic OH excluding ortho intramolecular Hbond substituents is 1. The van der Waals surface area contributed by atoms with Crippen LogP contribution in [0.1, 0.15) is 108 Å². The van der Waals surface area contributed by atoms with E-state index in [1.165, 1.54) is 51.6 Å². The minimum absolute atomic E-state index is 0.0970. The molecule has 2 amide bonds. The Morgan fingerprint density at radius 3 is 2.30 bits per heavy atom. The number of nitrogen functional groups attached to an aromatic ring is 1. The number of fused-ring (bicyclic) bond motifs is 2. The van der Waals surface area contributed by atoms with Gasteiger partial charge in [0.15, 0.2) is 17.4 Å². The Kier molecular flexibility index (Phi) is 15.7. The molecule has 9 heterocycles. The predicted molar refractivity (Wildman–Crippen MR) is 312 cm³/mol. The van der Waals surface area contributed by atoms with Crippen LogP contribution in [-0.4, -0.2) is 189 Å². The zero-order chi connectivity index (χ0) is 55.4. The first-order chi connectivity index (χ1) is 38.7. The minimum Gasteiger partial charge on any atom is -0.507 e. The van der Waals surface area contributed by atoms with Crippen LogP contribution in [0.25, 0.3) is 21.7 Å². The van der Waals surface area contributed by atoms with Crippen molar-refractivity contribution in [3.05, 3.63) is 83.2 Å². The zero-order valence-electron chi connectivity index (χ0n) is 47.5. The standard InChI is InChI=1S/C61H83N13O5S/c1-38(2)56(60(78)74-36-48(75)26-52(74)59(77)64-39(3)42-10-12-43(13-11-42)57-40(4)63-37-80-57)54-28-55(67-79-54)70-20-16-41(17-21-70)31-69-22-18-61(19-23-69)29-46(30-61)71-25-24-68(5)47(34-71)35-73-44-14-15-45(73)33-72(32-44)51-27-50(65-66-58(51)62)49-8-6-7-9-53(49)76/h6-13,27-28,37-39,41,44-48,52,56,75-76H,14-26,29-36H2,1-5H3,(H2,62,66)(H,64,77)/t39-,44?,45?,47?,48+,52-,56+/m0/s1. The largest absolute Gasteiger partial charge is 0.507 e. The number of benzene rings is 2. The van der Waals surface area contributed by atoms with Gasteiger partial charge >= 0.3 is 0 Å². The first-order valence-electron chi connectivity index (χ1n) is 29.8. The van der Waals surface area contributed by atoms with Crippen LogP contribution in [0, 0.1) is 24.2 Å². The van der Waals surface area contributed by atoms with Crippen LogP contribution in [0.15, 0.2) is 70.7 Å². The van der Waals surface area contributed by atoms with E-state index in [-0.39, 0.29) is 42.5 Å². The summed E-state index contributed by atoms with van der Waals surface area (Å²) in [5, 5.41) is 37.7. The number of nitrogens with zero attached hydrogens (tertiary/aromatic N) is 11. The third-order valence-electron chi connectivity index (χ3n) is 19.8. The number of para-hydroxylation sites is 1. The molecule has 7 atom stereocenters. The number of likely N-dealkylation sites (N-methyl/N-ethyl adjacent to an activating group) is 1. The van der Waals surface area contributed by atoms with E-state index in [1.807, 2.05) is 75.7 Å². The topological polar surface area (TPSA) is 200 Å². The lowest BCUT2D eigenvalue weighted by molar-refractivity contribution is -0.141. The summed E-state index contributed by atoms with van der Waals surface area (Å²) in [6.07, 6.45) is 9.27. The summed E-state index contributed by atoms with van der Waals surface area (Å²) in [6, 6.07) is 20.5. The number of aryl methyl sites for hydroxylation is 1. The number of amides is 2. The summed E-state index contributed by atoms with van der Waals surface area (Å²) in [5.41, 5.74) is 14.1. The summed E-state index contributed by atoms with van der Waals surface area (Å²) in [6.45, 7) is 19.8. The third-order valence-corrected chi connectivity index (χ3v) is 20.8. The smallest absolute Gasteiger partial charge is 0.243 e. The van der Waals surface area contributed by atoms with Crippen molar-refractivity contribution in [2.24, 2.45) is 17.3 Å². The number of β-amino-alcohol motifs (C(OH)–C–C–N with tert-alkyl or cyclic N) is 1. The number of hydrogen-bond donors (Lipinski definition) is 4. The Balaban J connectivity index is 0.581. The van der Waals surface area contributed by atoms with Crippen LogP contribution in [0.5, 0.6) is 5.75 Å². The molecule has 3 aromatic heterocycles. The molecule has 1 aliphatic carbocycles. The van der Waals surface area contributed by atoms with Gasteiger partial charge in [-0.1, -0.05) is 55.4 Å². The highest BCUT2D eigenvalue weighted by atomic mass is 32.1. The van der Waals surface area contributed by atoms with Gasteiger partial charge < -0.3 is 45.4 Å². The molecule has 18 nitrogen and oxygen atoms in total. The minimum atomic E-state index is -0.792. The van der Waals surface area contributed by atoms with E-state index in [1.54, 1.807) is 22.3 Å². The van der Waals surface area contributed by atoms with Crippen molar-refractivity contribution in [3.8, 4) is 27.4 Å². The van der Waals surface area contributed by atoms with Gasteiger partial charge in [0.2, 0.25) is 11.8 Å². The second-order valence-electron chi connectivity index (χ2n) is 25.3. The number of piperidine rings is 2. The Hall–Kier alpha value is -5.70. The second kappa shape index (κ2) is 22.9. The molecule has 1 spiro atoms. The lowest BCUT2D eigenvalue weighted by Gasteiger charge is -2.57. The summed E-state index contributed by atoms with van der Waals surface area (Å²) in [7, 11) is 2.33. The molecule has 1 saturated carbocycles. The molecule has 7 fully saturated rings. The number of hydrogen-bond acceptors (Lipinski definition) is 17. The maximum absolute atomic E-state index is 14.4. The average molecular weight is 1110 g/mol. The monoisotopic (exact) mass is 1110 g/mol. The molecule has 428 valence electrons. The number of aromatic nitrogens is 4. The van der Waals surface area contributed by atoms with Gasteiger partial charge in [-0.15, -0.1) is 21.5 Å². The summed E-state index contributed by atoms with van der Waals surface area (Å²) >= 11 is 1.61. The summed E-state index contributed by atoms with van der Waals surface area (Å²) in [4.78, 5) is 51.1. The number of likely N-dealkylation sites (tertiary alicyclic amines) is 2. The molecule has 12 rings (SSSR count). The number of aromatic hydroxyl groups is 1. The van der Waals surface area contributed by atoms with Crippen molar-refractivity contribution < 1.29 is 24.3 Å². The lowest BCUT2D eigenvalue weighted by Crippen LogP contribution is -2.64. The van der Waals surface area contributed by atoms with Crippen molar-refractivity contribution in [1.82, 2.24) is 50.2 Å². The van der Waals surface area contributed by atoms with Gasteiger partial charge in [-0.25, -0.2) is 4.98 Å². The van der Waals surface area contributed by atoms with Crippen molar-refractivity contribution >= 4 is 40.5 Å². The van der Waals surface area contributed by atoms with E-state index in [9.17, 15) is 19.8 Å². The molecule has 0 radical (unpaired) electrons. The van der Waals surface area contributed by atoms with Crippen molar-refractivity contribution in [3.63, 3.8) is 0 Å². The number of piperazine rings is 2. The molecule has 2 aromatic carbocycles. The Morgan fingerprint density at radius 2 is 1.60 bits per heavy atom. The van der Waals surface area contributed by atoms with Crippen LogP contribution >= 0.6 is 11.3 Å². The molecule has 5 N–H and O–H groups in total. The van der Waals surface area contributed by atoms with Crippen molar-refractivity contribution in [2.75, 3.05) is 101 Å². The molecule has 19 heteroatoms. The van der Waals surface area contributed by atoms with E-state index in [4.69, 9.17) is 10.3 Å². The van der Waals surface area contributed by atoms with E-state index >= 15 is 0 Å². The zero-order valence-corrected chi connectivity index (χ0v) is 48.3. The number of thiazole rings is 1. The fraction of sp³-hybridized carbons (Fsp3) is 0.607. The van der Waals surface area contributed by atoms with Crippen molar-refractivity contribution in [1.29, 1.82) is 0 Å². The number of nitrogens with two attached hydrogens (primary N) is 1. The normalized spacial score (nSPS) is 26.1. The molecular formula is C61H83N13O5S. The third kappa shape index (κ3) is 11.2. The number of nitrogens with one attached hydrogen (secondary N) is 1. The van der Waals surface area contributed by atoms with Crippen molar-refractivity contribution in [2.45, 2.75) is 134 Å². The number of carbonyl (C=O) groups is 2. The van der Waals surface area contributed by atoms with E-state index in [0.29, 0.717) is 58.3 Å². The van der Waals surface area contributed by atoms with E-state index in [0.717, 1.165) is 105 Å². The fourth-order valence-corrected chi connectivity index (χ4v) is 15.7. The fourth-order valence-electron chi connectivity index (χ4n) is 14.9. The lowest BCUT2D eigenvalue weighted by atomic mass is 9.60. The summed E-state index contributed by atoms with van der Waals surface area (Å²) in [5.74, 6) is 1.31. The maximum atomic E-state index is 14.4. The molecule has 3 unspecified atom stereocenters. The number of rotatable bonds is 15. The quantitative estimate of drug-likeness (QED) is 0.0847. The van der Waals surface area contributed by atoms with Gasteiger partial charge in [-0.2, -0.15) is 0 Å².